The van der Waals surface area contributed by atoms with E-state index in [-0.39, 0.29) is 15.7 Å². The molecule has 0 saturated heterocycles. The second-order valence-electron chi connectivity index (χ2n) is 2.42. The van der Waals surface area contributed by atoms with Crippen LogP contribution in [0.15, 0.2) is 10.5 Å². The molecule has 0 aromatic heterocycles. The topological polar surface area (TPSA) is 93.0 Å². The van der Waals surface area contributed by atoms with Crippen LogP contribution >= 0.6 is 15.9 Å². The summed E-state index contributed by atoms with van der Waals surface area (Å²) < 4.78 is 13.3. The highest BCUT2D eigenvalue weighted by Crippen LogP contribution is 2.32. The maximum Gasteiger partial charge on any atom is 0.328 e. The molecule has 0 atom stereocenters. The van der Waals surface area contributed by atoms with E-state index in [4.69, 9.17) is 11.1 Å². The van der Waals surface area contributed by atoms with Crippen molar-refractivity contribution >= 4 is 33.5 Å². The normalized spacial score (nSPS) is 9.86. The fraction of sp³-hybridized carbons (Fsp3) is 0. The first-order valence-electron chi connectivity index (χ1n) is 3.41. The number of nitrogens with two attached hydrogens (primary N) is 1. The molecule has 14 heavy (non-hydrogen) atoms. The van der Waals surface area contributed by atoms with Crippen LogP contribution in [0, 0.1) is 21.3 Å². The van der Waals surface area contributed by atoms with E-state index in [1.807, 2.05) is 0 Å². The molecular formula is C7H5BrFN3O2. The Morgan fingerprint density at radius 3 is 2.71 bits per heavy atom. The highest BCUT2D eigenvalue weighted by molar-refractivity contribution is 9.10. The third-order valence-corrected chi connectivity index (χ3v) is 2.27. The predicted molar refractivity (Wildman–Crippen MR) is 53.1 cm³/mol. The van der Waals surface area contributed by atoms with Gasteiger partial charge in [-0.05, 0) is 22.0 Å². The average Bonchev–Trinajstić information content (AvgIpc) is 2.02. The fourth-order valence-electron chi connectivity index (χ4n) is 0.974. The molecule has 3 N–H and O–H groups in total. The lowest BCUT2D eigenvalue weighted by Crippen LogP contribution is -2.03. The molecule has 5 nitrogen and oxygen atoms in total. The summed E-state index contributed by atoms with van der Waals surface area (Å²) in [5.74, 6) is -1.02. The lowest BCUT2D eigenvalue weighted by molar-refractivity contribution is -0.386. The van der Waals surface area contributed by atoms with Crippen molar-refractivity contribution < 1.29 is 9.31 Å². The summed E-state index contributed by atoms with van der Waals surface area (Å²) >= 11 is 2.95. The zero-order chi connectivity index (χ0) is 10.9. The standard InChI is InChI=1S/C7H5BrFN3O2/c8-4-1-5(9)7(12(13)14)6(11)3(4)2-10/h1-2,10H,11H2. The van der Waals surface area contributed by atoms with E-state index >= 15 is 0 Å². The maximum absolute atomic E-state index is 13.1. The van der Waals surface area contributed by atoms with Gasteiger partial charge in [0.25, 0.3) is 0 Å². The summed E-state index contributed by atoms with van der Waals surface area (Å²) in [7, 11) is 0. The van der Waals surface area contributed by atoms with E-state index in [1.165, 1.54) is 0 Å². The molecule has 0 aliphatic rings. The van der Waals surface area contributed by atoms with Crippen LogP contribution in [0.4, 0.5) is 15.8 Å². The summed E-state index contributed by atoms with van der Waals surface area (Å²) in [6.07, 6.45) is 0.825. The van der Waals surface area contributed by atoms with Gasteiger partial charge in [-0.1, -0.05) is 0 Å². The Morgan fingerprint density at radius 2 is 2.29 bits per heavy atom. The molecule has 0 heterocycles. The number of nitro groups is 1. The van der Waals surface area contributed by atoms with Gasteiger partial charge in [0, 0.05) is 16.3 Å². The Balaban J connectivity index is 3.60. The molecule has 0 saturated carbocycles. The smallest absolute Gasteiger partial charge is 0.328 e. The summed E-state index contributed by atoms with van der Waals surface area (Å²) in [5.41, 5.74) is 4.28. The van der Waals surface area contributed by atoms with E-state index in [1.54, 1.807) is 0 Å². The zero-order valence-corrected chi connectivity index (χ0v) is 8.34. The van der Waals surface area contributed by atoms with Gasteiger partial charge in [-0.25, -0.2) is 0 Å². The minimum Gasteiger partial charge on any atom is -0.392 e. The Hall–Kier alpha value is -1.50. The monoisotopic (exact) mass is 261 g/mol. The van der Waals surface area contributed by atoms with Gasteiger partial charge in [-0.3, -0.25) is 10.1 Å². The zero-order valence-electron chi connectivity index (χ0n) is 6.75. The first kappa shape index (κ1) is 10.6. The number of nitrogens with one attached hydrogen (secondary N) is 1. The van der Waals surface area contributed by atoms with Crippen LogP contribution in [0.25, 0.3) is 0 Å². The van der Waals surface area contributed by atoms with E-state index in [9.17, 15) is 14.5 Å². The van der Waals surface area contributed by atoms with Crippen LogP contribution in [0.1, 0.15) is 5.56 Å². The van der Waals surface area contributed by atoms with E-state index in [0.29, 0.717) is 0 Å². The molecule has 1 aromatic rings. The van der Waals surface area contributed by atoms with E-state index < -0.39 is 16.4 Å². The van der Waals surface area contributed by atoms with E-state index in [2.05, 4.69) is 15.9 Å². The number of anilines is 1. The quantitative estimate of drug-likeness (QED) is 0.369. The predicted octanol–water partition coefficient (Wildman–Crippen LogP) is 2.08. The molecule has 0 radical (unpaired) electrons. The number of benzene rings is 1. The third kappa shape index (κ3) is 1.58. The van der Waals surface area contributed by atoms with Gasteiger partial charge in [0.15, 0.2) is 0 Å². The lowest BCUT2D eigenvalue weighted by Gasteiger charge is -2.04. The molecule has 0 bridgehead atoms. The van der Waals surface area contributed by atoms with Crippen LogP contribution in [0.2, 0.25) is 0 Å². The van der Waals surface area contributed by atoms with Gasteiger partial charge in [0.2, 0.25) is 5.82 Å². The van der Waals surface area contributed by atoms with Gasteiger partial charge in [0.1, 0.15) is 5.69 Å². The van der Waals surface area contributed by atoms with Crippen molar-refractivity contribution in [1.29, 1.82) is 5.41 Å². The number of nitrogens with zero attached hydrogens (tertiary/aromatic N) is 1. The van der Waals surface area contributed by atoms with Gasteiger partial charge in [-0.2, -0.15) is 4.39 Å². The van der Waals surface area contributed by atoms with Crippen molar-refractivity contribution in [1.82, 2.24) is 0 Å². The number of nitrogen functional groups attached to an aromatic ring is 1. The van der Waals surface area contributed by atoms with Gasteiger partial charge >= 0.3 is 5.69 Å². The number of hydrogen-bond acceptors (Lipinski definition) is 4. The minimum absolute atomic E-state index is 0.0955. The van der Waals surface area contributed by atoms with Gasteiger partial charge in [-0.15, -0.1) is 0 Å². The molecule has 1 rings (SSSR count). The molecule has 0 amide bonds. The molecule has 7 heteroatoms. The first-order chi connectivity index (χ1) is 6.49. The molecule has 0 aliphatic carbocycles. The Bertz CT molecular complexity index is 422. The molecule has 0 spiro atoms. The molecule has 0 fully saturated rings. The second-order valence-corrected chi connectivity index (χ2v) is 3.27. The average molecular weight is 262 g/mol. The summed E-state index contributed by atoms with van der Waals surface area (Å²) in [5, 5.41) is 17.4. The maximum atomic E-state index is 13.1. The van der Waals surface area contributed by atoms with Crippen molar-refractivity contribution in [3.8, 4) is 0 Å². The second kappa shape index (κ2) is 3.70. The van der Waals surface area contributed by atoms with Gasteiger partial charge < -0.3 is 11.1 Å². The van der Waals surface area contributed by atoms with E-state index in [0.717, 1.165) is 12.3 Å². The van der Waals surface area contributed by atoms with Crippen LogP contribution in [0.5, 0.6) is 0 Å². The van der Waals surface area contributed by atoms with Crippen LogP contribution in [0.3, 0.4) is 0 Å². The lowest BCUT2D eigenvalue weighted by atomic mass is 10.1. The molecule has 0 unspecified atom stereocenters. The summed E-state index contributed by atoms with van der Waals surface area (Å²) in [6, 6.07) is 0.912. The SMILES string of the molecule is N=Cc1c(Br)cc(F)c([N+](=O)[O-])c1N. The van der Waals surface area contributed by atoms with Crippen LogP contribution in [-0.2, 0) is 0 Å². The van der Waals surface area contributed by atoms with Crippen molar-refractivity contribution in [2.24, 2.45) is 0 Å². The minimum atomic E-state index is -1.02. The Kier molecular flexibility index (Phi) is 2.80. The van der Waals surface area contributed by atoms with Crippen molar-refractivity contribution in [2.75, 3.05) is 5.73 Å². The summed E-state index contributed by atoms with van der Waals surface area (Å²) in [4.78, 5) is 9.50. The van der Waals surface area contributed by atoms with Gasteiger partial charge in [0.05, 0.1) is 4.92 Å². The largest absolute Gasteiger partial charge is 0.392 e. The van der Waals surface area contributed by atoms with Crippen molar-refractivity contribution in [3.05, 3.63) is 32.0 Å². The van der Waals surface area contributed by atoms with Crippen LogP contribution < -0.4 is 5.73 Å². The Labute approximate surface area is 86.5 Å². The highest BCUT2D eigenvalue weighted by Gasteiger charge is 2.22. The third-order valence-electron chi connectivity index (χ3n) is 1.61. The molecular weight excluding hydrogens is 257 g/mol. The molecule has 74 valence electrons. The number of halogens is 2. The van der Waals surface area contributed by atoms with Crippen molar-refractivity contribution in [3.63, 3.8) is 0 Å². The Morgan fingerprint density at radius 1 is 1.71 bits per heavy atom. The highest BCUT2D eigenvalue weighted by atomic mass is 79.9. The first-order valence-corrected chi connectivity index (χ1v) is 4.20. The summed E-state index contributed by atoms with van der Waals surface area (Å²) in [6.45, 7) is 0. The molecule has 1 aromatic carbocycles. The van der Waals surface area contributed by atoms with Crippen LogP contribution in [-0.4, -0.2) is 11.1 Å². The van der Waals surface area contributed by atoms with Crippen molar-refractivity contribution in [2.45, 2.75) is 0 Å². The number of hydrogen-bond donors (Lipinski definition) is 2. The number of rotatable bonds is 2. The fourth-order valence-corrected chi connectivity index (χ4v) is 1.50. The number of nitro benzene ring substituents is 1. The molecule has 0 aliphatic heterocycles.